The molecule has 0 unspecified atom stereocenters. The lowest BCUT2D eigenvalue weighted by atomic mass is 10.0. The van der Waals surface area contributed by atoms with Gasteiger partial charge in [-0.05, 0) is 42.3 Å². The largest absolute Gasteiger partial charge is 0.416 e. The van der Waals surface area contributed by atoms with Gasteiger partial charge in [-0.1, -0.05) is 12.1 Å². The van der Waals surface area contributed by atoms with Gasteiger partial charge < -0.3 is 0 Å². The first-order valence-corrected chi connectivity index (χ1v) is 5.07. The van der Waals surface area contributed by atoms with Crippen LogP contribution in [-0.4, -0.2) is 4.98 Å². The first-order valence-electron chi connectivity index (χ1n) is 5.07. The molecule has 0 saturated carbocycles. The van der Waals surface area contributed by atoms with Crippen molar-refractivity contribution in [2.45, 2.75) is 13.1 Å². The SMILES string of the molecule is Cc1cc(-c2ccc(C(F)(F)F)cc2)ccn1. The quantitative estimate of drug-likeness (QED) is 0.728. The molecule has 88 valence electrons. The summed E-state index contributed by atoms with van der Waals surface area (Å²) in [6.45, 7) is 1.84. The predicted molar refractivity (Wildman–Crippen MR) is 59.4 cm³/mol. The van der Waals surface area contributed by atoms with Gasteiger partial charge >= 0.3 is 6.18 Å². The van der Waals surface area contributed by atoms with Gasteiger partial charge in [0, 0.05) is 11.9 Å². The fourth-order valence-electron chi connectivity index (χ4n) is 1.58. The van der Waals surface area contributed by atoms with Crippen LogP contribution in [0.1, 0.15) is 11.3 Å². The zero-order valence-corrected chi connectivity index (χ0v) is 9.12. The molecule has 0 radical (unpaired) electrons. The zero-order valence-electron chi connectivity index (χ0n) is 9.12. The molecule has 0 saturated heterocycles. The Morgan fingerprint density at radius 2 is 1.59 bits per heavy atom. The summed E-state index contributed by atoms with van der Waals surface area (Å²) in [7, 11) is 0. The van der Waals surface area contributed by atoms with Gasteiger partial charge in [0.1, 0.15) is 0 Å². The van der Waals surface area contributed by atoms with E-state index in [-0.39, 0.29) is 0 Å². The molecule has 0 fully saturated rings. The number of halogens is 3. The minimum atomic E-state index is -4.29. The zero-order chi connectivity index (χ0) is 12.5. The maximum absolute atomic E-state index is 12.4. The van der Waals surface area contributed by atoms with Crippen LogP contribution in [-0.2, 0) is 6.18 Å². The van der Waals surface area contributed by atoms with Gasteiger partial charge in [0.25, 0.3) is 0 Å². The summed E-state index contributed by atoms with van der Waals surface area (Å²) in [6.07, 6.45) is -2.64. The Hall–Kier alpha value is -1.84. The van der Waals surface area contributed by atoms with E-state index < -0.39 is 11.7 Å². The standard InChI is InChI=1S/C13H10F3N/c1-9-8-11(6-7-17-9)10-2-4-12(5-3-10)13(14,15)16/h2-8H,1H3. The Labute approximate surface area is 96.9 Å². The van der Waals surface area contributed by atoms with E-state index in [0.717, 1.165) is 29.0 Å². The van der Waals surface area contributed by atoms with Crippen molar-refractivity contribution in [2.24, 2.45) is 0 Å². The summed E-state index contributed by atoms with van der Waals surface area (Å²) in [5, 5.41) is 0. The highest BCUT2D eigenvalue weighted by Crippen LogP contribution is 2.30. The number of hydrogen-bond donors (Lipinski definition) is 0. The van der Waals surface area contributed by atoms with E-state index in [0.29, 0.717) is 0 Å². The third-order valence-electron chi connectivity index (χ3n) is 2.44. The number of hydrogen-bond acceptors (Lipinski definition) is 1. The first-order chi connectivity index (χ1) is 7.97. The van der Waals surface area contributed by atoms with E-state index >= 15 is 0 Å². The summed E-state index contributed by atoms with van der Waals surface area (Å²) < 4.78 is 37.1. The lowest BCUT2D eigenvalue weighted by Gasteiger charge is -2.07. The van der Waals surface area contributed by atoms with Gasteiger partial charge in [0.2, 0.25) is 0 Å². The Balaban J connectivity index is 2.36. The van der Waals surface area contributed by atoms with Crippen molar-refractivity contribution in [1.29, 1.82) is 0 Å². The van der Waals surface area contributed by atoms with E-state index in [9.17, 15) is 13.2 Å². The van der Waals surface area contributed by atoms with Gasteiger partial charge in [0.15, 0.2) is 0 Å². The Morgan fingerprint density at radius 3 is 2.12 bits per heavy atom. The normalized spacial score (nSPS) is 11.5. The van der Waals surface area contributed by atoms with Crippen LogP contribution in [0, 0.1) is 6.92 Å². The van der Waals surface area contributed by atoms with Crippen LogP contribution < -0.4 is 0 Å². The number of pyridine rings is 1. The maximum Gasteiger partial charge on any atom is 0.416 e. The summed E-state index contributed by atoms with van der Waals surface area (Å²) in [5.74, 6) is 0. The first kappa shape index (κ1) is 11.6. The van der Waals surface area contributed by atoms with Crippen LogP contribution >= 0.6 is 0 Å². The molecular weight excluding hydrogens is 227 g/mol. The molecule has 1 aromatic carbocycles. The fourth-order valence-corrected chi connectivity index (χ4v) is 1.58. The molecular formula is C13H10F3N. The van der Waals surface area contributed by atoms with Gasteiger partial charge in [-0.15, -0.1) is 0 Å². The molecule has 0 atom stereocenters. The minimum Gasteiger partial charge on any atom is -0.262 e. The van der Waals surface area contributed by atoms with E-state index in [4.69, 9.17) is 0 Å². The lowest BCUT2D eigenvalue weighted by molar-refractivity contribution is -0.137. The molecule has 1 heterocycles. The Morgan fingerprint density at radius 1 is 0.941 bits per heavy atom. The van der Waals surface area contributed by atoms with Crippen molar-refractivity contribution in [3.63, 3.8) is 0 Å². The second kappa shape index (κ2) is 4.20. The highest BCUT2D eigenvalue weighted by atomic mass is 19.4. The topological polar surface area (TPSA) is 12.9 Å². The molecule has 0 amide bonds. The second-order valence-electron chi connectivity index (χ2n) is 3.76. The second-order valence-corrected chi connectivity index (χ2v) is 3.76. The van der Waals surface area contributed by atoms with Crippen molar-refractivity contribution in [2.75, 3.05) is 0 Å². The van der Waals surface area contributed by atoms with Crippen LogP contribution in [0.3, 0.4) is 0 Å². The highest BCUT2D eigenvalue weighted by molar-refractivity contribution is 5.63. The predicted octanol–water partition coefficient (Wildman–Crippen LogP) is 4.08. The molecule has 17 heavy (non-hydrogen) atoms. The highest BCUT2D eigenvalue weighted by Gasteiger charge is 2.29. The lowest BCUT2D eigenvalue weighted by Crippen LogP contribution is -2.03. The molecule has 4 heteroatoms. The van der Waals surface area contributed by atoms with Gasteiger partial charge in [-0.2, -0.15) is 13.2 Å². The summed E-state index contributed by atoms with van der Waals surface area (Å²) in [6, 6.07) is 8.73. The van der Waals surface area contributed by atoms with Crippen LogP contribution in [0.2, 0.25) is 0 Å². The Kier molecular flexibility index (Phi) is 2.88. The van der Waals surface area contributed by atoms with Crippen LogP contribution in [0.4, 0.5) is 13.2 Å². The summed E-state index contributed by atoms with van der Waals surface area (Å²) >= 11 is 0. The van der Waals surface area contributed by atoms with E-state index in [2.05, 4.69) is 4.98 Å². The molecule has 1 nitrogen and oxygen atoms in total. The van der Waals surface area contributed by atoms with Crippen molar-refractivity contribution < 1.29 is 13.2 Å². The van der Waals surface area contributed by atoms with Crippen LogP contribution in [0.5, 0.6) is 0 Å². The average molecular weight is 237 g/mol. The number of nitrogens with zero attached hydrogens (tertiary/aromatic N) is 1. The minimum absolute atomic E-state index is 0.632. The monoisotopic (exact) mass is 237 g/mol. The number of alkyl halides is 3. The summed E-state index contributed by atoms with van der Waals surface area (Å²) in [5.41, 5.74) is 1.82. The average Bonchev–Trinajstić information content (AvgIpc) is 2.28. The third-order valence-corrected chi connectivity index (χ3v) is 2.44. The fraction of sp³-hybridized carbons (Fsp3) is 0.154. The van der Waals surface area contributed by atoms with Crippen molar-refractivity contribution >= 4 is 0 Å². The number of rotatable bonds is 1. The van der Waals surface area contributed by atoms with Crippen LogP contribution in [0.25, 0.3) is 11.1 Å². The van der Waals surface area contributed by atoms with Gasteiger partial charge in [-0.3, -0.25) is 4.98 Å². The molecule has 0 aliphatic rings. The van der Waals surface area contributed by atoms with E-state index in [1.807, 2.05) is 13.0 Å². The number of aryl methyl sites for hydroxylation is 1. The smallest absolute Gasteiger partial charge is 0.262 e. The molecule has 1 aromatic heterocycles. The molecule has 2 rings (SSSR count). The molecule has 2 aromatic rings. The van der Waals surface area contributed by atoms with Crippen LogP contribution in [0.15, 0.2) is 42.6 Å². The molecule has 0 N–H and O–H groups in total. The molecule has 0 aliphatic carbocycles. The van der Waals surface area contributed by atoms with Crippen molar-refractivity contribution in [3.8, 4) is 11.1 Å². The van der Waals surface area contributed by atoms with E-state index in [1.54, 1.807) is 12.3 Å². The van der Waals surface area contributed by atoms with Crippen molar-refractivity contribution in [1.82, 2.24) is 4.98 Å². The summed E-state index contributed by atoms with van der Waals surface area (Å²) in [4.78, 5) is 4.04. The molecule has 0 bridgehead atoms. The maximum atomic E-state index is 12.4. The van der Waals surface area contributed by atoms with Crippen molar-refractivity contribution in [3.05, 3.63) is 53.9 Å². The Bertz CT molecular complexity index is 515. The number of aromatic nitrogens is 1. The molecule has 0 spiro atoms. The molecule has 0 aliphatic heterocycles. The van der Waals surface area contributed by atoms with Gasteiger partial charge in [0.05, 0.1) is 5.56 Å². The number of benzene rings is 1. The van der Waals surface area contributed by atoms with Gasteiger partial charge in [-0.25, -0.2) is 0 Å². The van der Waals surface area contributed by atoms with E-state index in [1.165, 1.54) is 12.1 Å². The third kappa shape index (κ3) is 2.64.